The van der Waals surface area contributed by atoms with Crippen molar-refractivity contribution in [3.63, 3.8) is 0 Å². The molecule has 5 nitrogen and oxygen atoms in total. The minimum atomic E-state index is -0.585. The molecule has 0 aliphatic carbocycles. The van der Waals surface area contributed by atoms with Gasteiger partial charge in [-0.15, -0.1) is 10.2 Å². The Morgan fingerprint density at radius 2 is 2.30 bits per heavy atom. The largest absolute Gasteiger partial charge is 0.463 e. The van der Waals surface area contributed by atoms with Crippen LogP contribution in [0.15, 0.2) is 10.2 Å². The molecule has 0 aromatic carbocycles. The van der Waals surface area contributed by atoms with Crippen LogP contribution in [0.5, 0.6) is 0 Å². The average molecular weight is 205 g/mol. The number of amidine groups is 2. The van der Waals surface area contributed by atoms with Gasteiger partial charge in [0.15, 0.2) is 0 Å². The molecule has 1 radical (unpaired) electrons. The lowest BCUT2D eigenvalue weighted by atomic mass is 10.6. The van der Waals surface area contributed by atoms with Crippen molar-refractivity contribution in [2.45, 2.75) is 0 Å². The number of rotatable bonds is 1. The van der Waals surface area contributed by atoms with Gasteiger partial charge in [-0.1, -0.05) is 0 Å². The van der Waals surface area contributed by atoms with Crippen LogP contribution in [-0.4, -0.2) is 23.7 Å². The lowest BCUT2D eigenvalue weighted by molar-refractivity contribution is -0.132. The molecule has 1 aliphatic rings. The van der Waals surface area contributed by atoms with Crippen molar-refractivity contribution in [3.05, 3.63) is 0 Å². The predicted octanol–water partition coefficient (Wildman–Crippen LogP) is -0.158. The minimum Gasteiger partial charge on any atom is -0.463 e. The summed E-state index contributed by atoms with van der Waals surface area (Å²) >= 11 is 2.94. The molecule has 0 aromatic rings. The molecule has 0 saturated carbocycles. The van der Waals surface area contributed by atoms with E-state index in [2.05, 4.69) is 36.2 Å². The van der Waals surface area contributed by atoms with Crippen LogP contribution in [0.25, 0.3) is 0 Å². The van der Waals surface area contributed by atoms with Crippen molar-refractivity contribution >= 4 is 32.5 Å². The Labute approximate surface area is 65.3 Å². The third-order valence-electron chi connectivity index (χ3n) is 0.793. The van der Waals surface area contributed by atoms with Crippen LogP contribution in [-0.2, 0) is 9.53 Å². The van der Waals surface area contributed by atoms with E-state index in [9.17, 15) is 4.79 Å². The van der Waals surface area contributed by atoms with Gasteiger partial charge in [0.1, 0.15) is 0 Å². The summed E-state index contributed by atoms with van der Waals surface area (Å²) in [4.78, 5) is 10.6. The highest BCUT2D eigenvalue weighted by molar-refractivity contribution is 9.18. The van der Waals surface area contributed by atoms with Gasteiger partial charge >= 0.3 is 5.97 Å². The van der Waals surface area contributed by atoms with E-state index >= 15 is 0 Å². The summed E-state index contributed by atoms with van der Waals surface area (Å²) in [6.45, 7) is 0. The maximum absolute atomic E-state index is 10.6. The van der Waals surface area contributed by atoms with Gasteiger partial charge in [0.05, 0.1) is 7.11 Å². The third-order valence-corrected chi connectivity index (χ3v) is 1.13. The molecule has 0 N–H and O–H groups in total. The van der Waals surface area contributed by atoms with Crippen LogP contribution in [0.4, 0.5) is 0 Å². The molecule has 0 bridgehead atoms. The first kappa shape index (κ1) is 7.20. The second kappa shape index (κ2) is 2.78. The van der Waals surface area contributed by atoms with Crippen molar-refractivity contribution in [1.29, 1.82) is 0 Å². The Hall–Kier alpha value is -0.910. The summed E-state index contributed by atoms with van der Waals surface area (Å²) in [5, 5.41) is 10.4. The SMILES string of the molecule is COC(=O)C1=NN=C(Br)[N]1. The Morgan fingerprint density at radius 3 is 2.70 bits per heavy atom. The second-order valence-corrected chi connectivity index (χ2v) is 2.11. The van der Waals surface area contributed by atoms with E-state index in [1.54, 1.807) is 0 Å². The fourth-order valence-electron chi connectivity index (χ4n) is 0.398. The lowest BCUT2D eigenvalue weighted by Crippen LogP contribution is -2.24. The molecule has 53 valence electrons. The van der Waals surface area contributed by atoms with Crippen molar-refractivity contribution in [2.24, 2.45) is 10.2 Å². The van der Waals surface area contributed by atoms with Crippen LogP contribution < -0.4 is 5.32 Å². The number of hydrogen-bond acceptors (Lipinski definition) is 4. The number of esters is 1. The summed E-state index contributed by atoms with van der Waals surface area (Å²) in [6, 6.07) is 0. The first-order chi connectivity index (χ1) is 4.74. The number of halogens is 1. The van der Waals surface area contributed by atoms with Crippen LogP contribution in [0.3, 0.4) is 0 Å². The maximum Gasteiger partial charge on any atom is 0.378 e. The first-order valence-corrected chi connectivity index (χ1v) is 3.14. The van der Waals surface area contributed by atoms with E-state index in [0.29, 0.717) is 0 Å². The normalized spacial score (nSPS) is 15.4. The molecular formula is C4H3BrN3O2. The number of nitrogens with zero attached hydrogens (tertiary/aromatic N) is 3. The molecule has 10 heavy (non-hydrogen) atoms. The molecule has 0 spiro atoms. The molecule has 1 rings (SSSR count). The zero-order valence-electron chi connectivity index (χ0n) is 5.04. The van der Waals surface area contributed by atoms with E-state index in [-0.39, 0.29) is 10.6 Å². The molecule has 0 amide bonds. The standard InChI is InChI=1S/C4H3BrN3O2/c1-10-3(9)2-6-4(5)8-7-2/h1H3. The summed E-state index contributed by atoms with van der Waals surface area (Å²) in [7, 11) is 1.26. The van der Waals surface area contributed by atoms with E-state index < -0.39 is 5.97 Å². The smallest absolute Gasteiger partial charge is 0.378 e. The van der Waals surface area contributed by atoms with Gasteiger partial charge in [0.2, 0.25) is 4.74 Å². The molecule has 0 unspecified atom stereocenters. The average Bonchev–Trinajstić information content (AvgIpc) is 2.34. The van der Waals surface area contributed by atoms with Gasteiger partial charge in [-0.3, -0.25) is 0 Å². The number of methoxy groups -OCH3 is 1. The lowest BCUT2D eigenvalue weighted by Gasteiger charge is -1.93. The zero-order valence-corrected chi connectivity index (χ0v) is 6.62. The fourth-order valence-corrected chi connectivity index (χ4v) is 0.646. The molecular weight excluding hydrogens is 202 g/mol. The zero-order chi connectivity index (χ0) is 7.56. The second-order valence-electron chi connectivity index (χ2n) is 1.40. The maximum atomic E-state index is 10.6. The van der Waals surface area contributed by atoms with Crippen LogP contribution in [0.1, 0.15) is 0 Å². The Bertz CT molecular complexity index is 223. The summed E-state index contributed by atoms with van der Waals surface area (Å²) in [6.07, 6.45) is 0. The van der Waals surface area contributed by atoms with Gasteiger partial charge in [-0.2, -0.15) is 5.32 Å². The Morgan fingerprint density at radius 1 is 1.60 bits per heavy atom. The van der Waals surface area contributed by atoms with Crippen molar-refractivity contribution in [2.75, 3.05) is 7.11 Å². The van der Waals surface area contributed by atoms with Crippen LogP contribution in [0.2, 0.25) is 0 Å². The van der Waals surface area contributed by atoms with E-state index in [1.165, 1.54) is 7.11 Å². The predicted molar refractivity (Wildman–Crippen MR) is 37.9 cm³/mol. The van der Waals surface area contributed by atoms with Crippen LogP contribution in [0, 0.1) is 0 Å². The molecule has 0 aromatic heterocycles. The number of carbonyl (C=O) groups excluding carboxylic acids is 1. The molecule has 0 fully saturated rings. The van der Waals surface area contributed by atoms with Crippen molar-refractivity contribution in [3.8, 4) is 0 Å². The monoisotopic (exact) mass is 204 g/mol. The van der Waals surface area contributed by atoms with Gasteiger partial charge in [-0.25, -0.2) is 4.79 Å². The topological polar surface area (TPSA) is 65.1 Å². The summed E-state index contributed by atoms with van der Waals surface area (Å²) < 4.78 is 4.61. The van der Waals surface area contributed by atoms with Crippen molar-refractivity contribution in [1.82, 2.24) is 5.32 Å². The number of ether oxygens (including phenoxy) is 1. The van der Waals surface area contributed by atoms with E-state index in [0.717, 1.165) is 0 Å². The highest BCUT2D eigenvalue weighted by Crippen LogP contribution is 1.98. The van der Waals surface area contributed by atoms with E-state index in [4.69, 9.17) is 0 Å². The fraction of sp³-hybridized carbons (Fsp3) is 0.250. The molecule has 1 heterocycles. The highest BCUT2D eigenvalue weighted by Gasteiger charge is 2.19. The highest BCUT2D eigenvalue weighted by atomic mass is 79.9. The molecule has 0 saturated heterocycles. The Balaban J connectivity index is 2.57. The number of hydrogen-bond donors (Lipinski definition) is 0. The molecule has 0 atom stereocenters. The minimum absolute atomic E-state index is 0.0330. The third kappa shape index (κ3) is 1.32. The summed E-state index contributed by atoms with van der Waals surface area (Å²) in [5.74, 6) is -0.618. The van der Waals surface area contributed by atoms with Crippen LogP contribution >= 0.6 is 15.9 Å². The van der Waals surface area contributed by atoms with Gasteiger partial charge in [0, 0.05) is 0 Å². The van der Waals surface area contributed by atoms with Gasteiger partial charge in [-0.05, 0) is 15.9 Å². The molecule has 1 aliphatic heterocycles. The quantitative estimate of drug-likeness (QED) is 0.441. The summed E-state index contributed by atoms with van der Waals surface area (Å²) in [5.41, 5.74) is 0. The number of carbonyl (C=O) groups is 1. The van der Waals surface area contributed by atoms with Gasteiger partial charge < -0.3 is 4.74 Å². The first-order valence-electron chi connectivity index (χ1n) is 2.35. The van der Waals surface area contributed by atoms with Crippen molar-refractivity contribution < 1.29 is 9.53 Å². The van der Waals surface area contributed by atoms with E-state index in [1.807, 2.05) is 0 Å². The molecule has 6 heteroatoms. The Kier molecular flexibility index (Phi) is 2.00. The van der Waals surface area contributed by atoms with Gasteiger partial charge in [0.25, 0.3) is 5.84 Å².